The summed E-state index contributed by atoms with van der Waals surface area (Å²) in [6.45, 7) is 3.31. The summed E-state index contributed by atoms with van der Waals surface area (Å²) in [4.78, 5) is 0. The van der Waals surface area contributed by atoms with Gasteiger partial charge in [0, 0.05) is 13.0 Å². The molecule has 112 valence electrons. The van der Waals surface area contributed by atoms with Gasteiger partial charge in [0.1, 0.15) is 0 Å². The van der Waals surface area contributed by atoms with Crippen LogP contribution in [0.15, 0.2) is 48.5 Å². The van der Waals surface area contributed by atoms with Crippen LogP contribution >= 0.6 is 0 Å². The molecule has 2 N–H and O–H groups in total. The molecule has 0 bridgehead atoms. The quantitative estimate of drug-likeness (QED) is 0.782. The molecular formula is C17H19N5. The van der Waals surface area contributed by atoms with Crippen molar-refractivity contribution < 1.29 is 0 Å². The van der Waals surface area contributed by atoms with E-state index in [0.717, 1.165) is 23.4 Å². The van der Waals surface area contributed by atoms with E-state index in [0.29, 0.717) is 13.1 Å². The zero-order valence-electron chi connectivity index (χ0n) is 12.6. The van der Waals surface area contributed by atoms with Gasteiger partial charge in [0.25, 0.3) is 0 Å². The molecule has 0 amide bonds. The van der Waals surface area contributed by atoms with Crippen molar-refractivity contribution in [2.24, 2.45) is 5.73 Å². The lowest BCUT2D eigenvalue weighted by molar-refractivity contribution is 0.625. The molecule has 3 aromatic rings. The van der Waals surface area contributed by atoms with E-state index in [1.165, 1.54) is 11.1 Å². The van der Waals surface area contributed by atoms with Crippen LogP contribution in [-0.4, -0.2) is 20.2 Å². The minimum Gasteiger partial charge on any atom is -0.326 e. The van der Waals surface area contributed by atoms with Crippen molar-refractivity contribution in [1.82, 2.24) is 20.2 Å². The number of hydrogen-bond donors (Lipinski definition) is 1. The Bertz CT molecular complexity index is 729. The topological polar surface area (TPSA) is 69.6 Å². The first-order valence-electron chi connectivity index (χ1n) is 7.33. The Hall–Kier alpha value is -2.53. The van der Waals surface area contributed by atoms with Gasteiger partial charge in [-0.2, -0.15) is 0 Å². The van der Waals surface area contributed by atoms with Gasteiger partial charge in [0.05, 0.1) is 6.54 Å². The van der Waals surface area contributed by atoms with E-state index in [4.69, 9.17) is 5.73 Å². The second kappa shape index (κ2) is 6.49. The standard InChI is InChI=1S/C17H19N5/c1-13-2-4-14(5-3-13)10-17-19-20-21-22(17)12-16-8-6-15(11-18)7-9-16/h2-9H,10-12,18H2,1H3. The Morgan fingerprint density at radius 3 is 2.23 bits per heavy atom. The first-order chi connectivity index (χ1) is 10.7. The molecule has 5 heteroatoms. The fraction of sp³-hybridized carbons (Fsp3) is 0.235. The van der Waals surface area contributed by atoms with Crippen LogP contribution in [0.5, 0.6) is 0 Å². The first kappa shape index (κ1) is 14.4. The SMILES string of the molecule is Cc1ccc(Cc2nnnn2Cc2ccc(CN)cc2)cc1. The van der Waals surface area contributed by atoms with Crippen molar-refractivity contribution in [3.63, 3.8) is 0 Å². The van der Waals surface area contributed by atoms with E-state index in [2.05, 4.69) is 58.8 Å². The molecule has 0 radical (unpaired) electrons. The molecule has 22 heavy (non-hydrogen) atoms. The average Bonchev–Trinajstić information content (AvgIpc) is 2.97. The summed E-state index contributed by atoms with van der Waals surface area (Å²) in [5.74, 6) is 0.867. The van der Waals surface area contributed by atoms with Gasteiger partial charge in [-0.1, -0.05) is 54.1 Å². The normalized spacial score (nSPS) is 10.8. The lowest BCUT2D eigenvalue weighted by atomic mass is 10.1. The van der Waals surface area contributed by atoms with Gasteiger partial charge in [-0.25, -0.2) is 4.68 Å². The van der Waals surface area contributed by atoms with Crippen molar-refractivity contribution in [2.75, 3.05) is 0 Å². The van der Waals surface area contributed by atoms with Crippen LogP contribution in [-0.2, 0) is 19.5 Å². The highest BCUT2D eigenvalue weighted by molar-refractivity contribution is 5.25. The summed E-state index contributed by atoms with van der Waals surface area (Å²) in [5.41, 5.74) is 10.4. The van der Waals surface area contributed by atoms with E-state index in [9.17, 15) is 0 Å². The number of aryl methyl sites for hydroxylation is 1. The Morgan fingerprint density at radius 2 is 1.55 bits per heavy atom. The fourth-order valence-corrected chi connectivity index (χ4v) is 2.31. The second-order valence-corrected chi connectivity index (χ2v) is 5.44. The van der Waals surface area contributed by atoms with Gasteiger partial charge < -0.3 is 5.73 Å². The van der Waals surface area contributed by atoms with Crippen LogP contribution in [0, 0.1) is 6.92 Å². The predicted molar refractivity (Wildman–Crippen MR) is 85.2 cm³/mol. The summed E-state index contributed by atoms with van der Waals surface area (Å²) < 4.78 is 1.84. The van der Waals surface area contributed by atoms with E-state index in [-0.39, 0.29) is 0 Å². The molecular weight excluding hydrogens is 274 g/mol. The molecule has 0 unspecified atom stereocenters. The maximum Gasteiger partial charge on any atom is 0.156 e. The van der Waals surface area contributed by atoms with E-state index in [1.54, 1.807) is 0 Å². The van der Waals surface area contributed by atoms with Gasteiger partial charge >= 0.3 is 0 Å². The second-order valence-electron chi connectivity index (χ2n) is 5.44. The summed E-state index contributed by atoms with van der Waals surface area (Å²) in [6, 6.07) is 16.7. The van der Waals surface area contributed by atoms with Gasteiger partial charge in [-0.3, -0.25) is 0 Å². The fourth-order valence-electron chi connectivity index (χ4n) is 2.31. The van der Waals surface area contributed by atoms with Crippen LogP contribution < -0.4 is 5.73 Å². The zero-order valence-corrected chi connectivity index (χ0v) is 12.6. The minimum atomic E-state index is 0.559. The van der Waals surface area contributed by atoms with Crippen LogP contribution in [0.1, 0.15) is 28.1 Å². The molecule has 5 nitrogen and oxygen atoms in total. The number of hydrogen-bond acceptors (Lipinski definition) is 4. The molecule has 2 aromatic carbocycles. The van der Waals surface area contributed by atoms with Gasteiger partial charge in [-0.15, -0.1) is 5.10 Å². The summed E-state index contributed by atoms with van der Waals surface area (Å²) in [5, 5.41) is 12.1. The van der Waals surface area contributed by atoms with Crippen molar-refractivity contribution in [3.8, 4) is 0 Å². The molecule has 0 saturated heterocycles. The van der Waals surface area contributed by atoms with E-state index >= 15 is 0 Å². The number of nitrogens with two attached hydrogens (primary N) is 1. The minimum absolute atomic E-state index is 0.559. The summed E-state index contributed by atoms with van der Waals surface area (Å²) in [6.07, 6.45) is 0.730. The number of benzene rings is 2. The van der Waals surface area contributed by atoms with Gasteiger partial charge in [0.15, 0.2) is 5.82 Å². The highest BCUT2D eigenvalue weighted by atomic mass is 15.5. The van der Waals surface area contributed by atoms with Crippen LogP contribution in [0.3, 0.4) is 0 Å². The highest BCUT2D eigenvalue weighted by Crippen LogP contribution is 2.10. The van der Waals surface area contributed by atoms with Crippen molar-refractivity contribution in [1.29, 1.82) is 0 Å². The van der Waals surface area contributed by atoms with Gasteiger partial charge in [0.2, 0.25) is 0 Å². The molecule has 0 aliphatic carbocycles. The third kappa shape index (κ3) is 3.38. The van der Waals surface area contributed by atoms with E-state index < -0.39 is 0 Å². The largest absolute Gasteiger partial charge is 0.326 e. The van der Waals surface area contributed by atoms with Crippen LogP contribution in [0.25, 0.3) is 0 Å². The van der Waals surface area contributed by atoms with Crippen molar-refractivity contribution >= 4 is 0 Å². The summed E-state index contributed by atoms with van der Waals surface area (Å²) in [7, 11) is 0. The maximum absolute atomic E-state index is 5.62. The molecule has 3 rings (SSSR count). The average molecular weight is 293 g/mol. The Kier molecular flexibility index (Phi) is 4.25. The number of aromatic nitrogens is 4. The molecule has 0 atom stereocenters. The number of rotatable bonds is 5. The molecule has 1 aromatic heterocycles. The highest BCUT2D eigenvalue weighted by Gasteiger charge is 2.08. The van der Waals surface area contributed by atoms with Crippen LogP contribution in [0.2, 0.25) is 0 Å². The zero-order chi connectivity index (χ0) is 15.4. The molecule has 0 spiro atoms. The Labute approximate surface area is 129 Å². The third-order valence-corrected chi connectivity index (χ3v) is 3.68. The third-order valence-electron chi connectivity index (χ3n) is 3.68. The maximum atomic E-state index is 5.62. The predicted octanol–water partition coefficient (Wildman–Crippen LogP) is 2.08. The lowest BCUT2D eigenvalue weighted by Crippen LogP contribution is -2.08. The van der Waals surface area contributed by atoms with Crippen LogP contribution in [0.4, 0.5) is 0 Å². The van der Waals surface area contributed by atoms with Gasteiger partial charge in [-0.05, 0) is 34.0 Å². The molecule has 0 aliphatic heterocycles. The molecule has 0 aliphatic rings. The Morgan fingerprint density at radius 1 is 0.909 bits per heavy atom. The monoisotopic (exact) mass is 293 g/mol. The van der Waals surface area contributed by atoms with E-state index in [1.807, 2.05) is 16.8 Å². The van der Waals surface area contributed by atoms with Crippen molar-refractivity contribution in [2.45, 2.75) is 26.4 Å². The van der Waals surface area contributed by atoms with Crippen molar-refractivity contribution in [3.05, 3.63) is 76.6 Å². The number of nitrogens with zero attached hydrogens (tertiary/aromatic N) is 4. The smallest absolute Gasteiger partial charge is 0.156 e. The molecule has 0 saturated carbocycles. The summed E-state index contributed by atoms with van der Waals surface area (Å²) >= 11 is 0. The lowest BCUT2D eigenvalue weighted by Gasteiger charge is -2.06. The molecule has 1 heterocycles. The Balaban J connectivity index is 1.75. The number of tetrazole rings is 1. The molecule has 0 fully saturated rings. The first-order valence-corrected chi connectivity index (χ1v) is 7.33.